The van der Waals surface area contributed by atoms with Crippen molar-refractivity contribution in [2.24, 2.45) is 0 Å². The van der Waals surface area contributed by atoms with E-state index in [9.17, 15) is 17.3 Å². The van der Waals surface area contributed by atoms with Gasteiger partial charge in [-0.25, -0.2) is 0 Å². The molecular formula is C7H15BF4NO-. The van der Waals surface area contributed by atoms with Crippen LogP contribution in [-0.4, -0.2) is 33.1 Å². The minimum atomic E-state index is -6.00. The fourth-order valence-electron chi connectivity index (χ4n) is 1.13. The minimum Gasteiger partial charge on any atom is -0.418 e. The summed E-state index contributed by atoms with van der Waals surface area (Å²) in [6.07, 6.45) is 2.92. The molecule has 1 fully saturated rings. The molecule has 1 N–H and O–H groups in total. The Balaban J connectivity index is 0.000000292. The Kier molecular flexibility index (Phi) is 6.91. The third-order valence-corrected chi connectivity index (χ3v) is 1.62. The highest BCUT2D eigenvalue weighted by atomic mass is 19.5. The van der Waals surface area contributed by atoms with Crippen LogP contribution in [0.3, 0.4) is 0 Å². The molecule has 0 amide bonds. The minimum absolute atomic E-state index is 0.490. The van der Waals surface area contributed by atoms with E-state index in [1.54, 1.807) is 0 Å². The van der Waals surface area contributed by atoms with Gasteiger partial charge >= 0.3 is 7.25 Å². The summed E-state index contributed by atoms with van der Waals surface area (Å²) in [7, 11) is -6.00. The number of hydrogen-bond donors (Lipinski definition) is 1. The van der Waals surface area contributed by atoms with Crippen molar-refractivity contribution in [1.29, 1.82) is 0 Å². The van der Waals surface area contributed by atoms with Crippen LogP contribution in [0.25, 0.3) is 0 Å². The van der Waals surface area contributed by atoms with Gasteiger partial charge in [-0.15, -0.1) is 0 Å². The third kappa shape index (κ3) is 11.7. The zero-order chi connectivity index (χ0) is 11.0. The number of morpholine rings is 1. The van der Waals surface area contributed by atoms with E-state index in [1.165, 1.54) is 12.8 Å². The zero-order valence-electron chi connectivity index (χ0n) is 8.11. The molecule has 7 heteroatoms. The lowest BCUT2D eigenvalue weighted by molar-refractivity contribution is 0.0232. The molecule has 1 atom stereocenters. The number of ether oxygens (including phenoxy) is 1. The summed E-state index contributed by atoms with van der Waals surface area (Å²) in [6, 6.07) is 0. The molecule has 1 aliphatic heterocycles. The fraction of sp³-hybridized carbons (Fsp3) is 1.00. The molecule has 1 heterocycles. The molecule has 0 saturated carbocycles. The van der Waals surface area contributed by atoms with E-state index in [2.05, 4.69) is 12.2 Å². The molecule has 0 radical (unpaired) electrons. The Hall–Kier alpha value is -0.295. The van der Waals surface area contributed by atoms with Crippen LogP contribution in [0.1, 0.15) is 19.8 Å². The van der Waals surface area contributed by atoms with Crippen molar-refractivity contribution in [3.05, 3.63) is 0 Å². The van der Waals surface area contributed by atoms with Gasteiger partial charge in [-0.05, 0) is 6.42 Å². The van der Waals surface area contributed by atoms with Crippen LogP contribution in [0.15, 0.2) is 0 Å². The van der Waals surface area contributed by atoms with Crippen molar-refractivity contribution in [3.8, 4) is 0 Å². The summed E-state index contributed by atoms with van der Waals surface area (Å²) in [5.41, 5.74) is 0. The molecule has 1 unspecified atom stereocenters. The Morgan fingerprint density at radius 1 is 1.36 bits per heavy atom. The summed E-state index contributed by atoms with van der Waals surface area (Å²) < 4.78 is 44.5. The molecule has 14 heavy (non-hydrogen) atoms. The normalized spacial score (nSPS) is 22.5. The molecule has 0 aromatic heterocycles. The predicted molar refractivity (Wildman–Crippen MR) is 47.7 cm³/mol. The maximum Gasteiger partial charge on any atom is 0.673 e. The van der Waals surface area contributed by atoms with Gasteiger partial charge in [0.15, 0.2) is 0 Å². The highest BCUT2D eigenvalue weighted by Crippen LogP contribution is 2.06. The van der Waals surface area contributed by atoms with E-state index < -0.39 is 7.25 Å². The maximum absolute atomic E-state index is 9.75. The van der Waals surface area contributed by atoms with Crippen LogP contribution < -0.4 is 5.32 Å². The first-order valence-electron chi connectivity index (χ1n) is 4.63. The second-order valence-electron chi connectivity index (χ2n) is 2.98. The molecular weight excluding hydrogens is 201 g/mol. The third-order valence-electron chi connectivity index (χ3n) is 1.62. The summed E-state index contributed by atoms with van der Waals surface area (Å²) in [6.45, 7) is 5.16. The van der Waals surface area contributed by atoms with Gasteiger partial charge in [0.2, 0.25) is 0 Å². The van der Waals surface area contributed by atoms with Crippen molar-refractivity contribution in [1.82, 2.24) is 5.32 Å². The molecule has 0 spiro atoms. The molecule has 0 aromatic rings. The van der Waals surface area contributed by atoms with Crippen molar-refractivity contribution < 1.29 is 22.0 Å². The van der Waals surface area contributed by atoms with Gasteiger partial charge in [0, 0.05) is 13.1 Å². The number of rotatable bonds is 2. The lowest BCUT2D eigenvalue weighted by atomic mass is 10.2. The van der Waals surface area contributed by atoms with Gasteiger partial charge in [0.1, 0.15) is 0 Å². The van der Waals surface area contributed by atoms with Crippen LogP contribution in [0, 0.1) is 0 Å². The van der Waals surface area contributed by atoms with Gasteiger partial charge < -0.3 is 27.3 Å². The number of hydrogen-bond acceptors (Lipinski definition) is 2. The Morgan fingerprint density at radius 3 is 2.29 bits per heavy atom. The quantitative estimate of drug-likeness (QED) is 0.563. The highest BCUT2D eigenvalue weighted by Gasteiger charge is 2.20. The van der Waals surface area contributed by atoms with Crippen LogP contribution in [-0.2, 0) is 4.74 Å². The molecule has 0 aliphatic carbocycles. The standard InChI is InChI=1S/C7H15NO.BF4/c1-2-3-7-6-8-4-5-9-7;2-1(3,4)5/h7-8H,2-6H2,1H3;/q;-1. The van der Waals surface area contributed by atoms with Gasteiger partial charge in [-0.3, -0.25) is 0 Å². The van der Waals surface area contributed by atoms with E-state index in [1.807, 2.05) is 0 Å². The van der Waals surface area contributed by atoms with Gasteiger partial charge in [0.05, 0.1) is 12.7 Å². The van der Waals surface area contributed by atoms with E-state index in [-0.39, 0.29) is 0 Å². The van der Waals surface area contributed by atoms with Crippen LogP contribution in [0.4, 0.5) is 17.3 Å². The van der Waals surface area contributed by atoms with E-state index in [0.717, 1.165) is 19.7 Å². The Bertz CT molecular complexity index is 129. The Morgan fingerprint density at radius 2 is 1.93 bits per heavy atom. The molecule has 2 nitrogen and oxygen atoms in total. The van der Waals surface area contributed by atoms with Crippen LogP contribution in [0.2, 0.25) is 0 Å². The molecule has 0 bridgehead atoms. The second kappa shape index (κ2) is 7.06. The molecule has 1 rings (SSSR count). The monoisotopic (exact) mass is 216 g/mol. The maximum atomic E-state index is 9.75. The molecule has 0 aromatic carbocycles. The highest BCUT2D eigenvalue weighted by molar-refractivity contribution is 6.50. The first-order valence-corrected chi connectivity index (χ1v) is 4.63. The zero-order valence-corrected chi connectivity index (χ0v) is 8.11. The van der Waals surface area contributed by atoms with Gasteiger partial charge in [0.25, 0.3) is 0 Å². The average molecular weight is 216 g/mol. The van der Waals surface area contributed by atoms with E-state index in [4.69, 9.17) is 4.74 Å². The Labute approximate surface area is 81.1 Å². The summed E-state index contributed by atoms with van der Waals surface area (Å²) in [4.78, 5) is 0. The van der Waals surface area contributed by atoms with Crippen molar-refractivity contribution in [3.63, 3.8) is 0 Å². The predicted octanol–water partition coefficient (Wildman–Crippen LogP) is 2.07. The SMILES string of the molecule is CCCC1CNCCO1.F[B-](F)(F)F. The molecule has 1 aliphatic rings. The number of nitrogens with one attached hydrogen (secondary N) is 1. The van der Waals surface area contributed by atoms with Gasteiger partial charge in [-0.2, -0.15) is 0 Å². The largest absolute Gasteiger partial charge is 0.673 e. The fourth-order valence-corrected chi connectivity index (χ4v) is 1.13. The average Bonchev–Trinajstić information content (AvgIpc) is 2.03. The molecule has 1 saturated heterocycles. The van der Waals surface area contributed by atoms with Crippen molar-refractivity contribution >= 4 is 7.25 Å². The van der Waals surface area contributed by atoms with E-state index >= 15 is 0 Å². The first-order chi connectivity index (χ1) is 6.43. The first kappa shape index (κ1) is 13.7. The summed E-state index contributed by atoms with van der Waals surface area (Å²) >= 11 is 0. The van der Waals surface area contributed by atoms with Crippen LogP contribution in [0.5, 0.6) is 0 Å². The van der Waals surface area contributed by atoms with Crippen molar-refractivity contribution in [2.45, 2.75) is 25.9 Å². The lowest BCUT2D eigenvalue weighted by Gasteiger charge is -2.22. The smallest absolute Gasteiger partial charge is 0.418 e. The van der Waals surface area contributed by atoms with Gasteiger partial charge in [-0.1, -0.05) is 13.3 Å². The summed E-state index contributed by atoms with van der Waals surface area (Å²) in [5.74, 6) is 0. The molecule has 86 valence electrons. The van der Waals surface area contributed by atoms with Crippen molar-refractivity contribution in [2.75, 3.05) is 19.7 Å². The van der Waals surface area contributed by atoms with E-state index in [0.29, 0.717) is 6.10 Å². The topological polar surface area (TPSA) is 21.3 Å². The second-order valence-corrected chi connectivity index (χ2v) is 2.98. The summed E-state index contributed by atoms with van der Waals surface area (Å²) in [5, 5.41) is 3.29. The lowest BCUT2D eigenvalue weighted by Crippen LogP contribution is -2.38. The van der Waals surface area contributed by atoms with Crippen LogP contribution >= 0.6 is 0 Å². The number of halogens is 4.